The molecule has 0 spiro atoms. The van der Waals surface area contributed by atoms with Crippen LogP contribution in [0.2, 0.25) is 0 Å². The summed E-state index contributed by atoms with van der Waals surface area (Å²) in [6, 6.07) is 16.0. The van der Waals surface area contributed by atoms with Gasteiger partial charge in [-0.05, 0) is 42.0 Å². The molecule has 1 aromatic heterocycles. The molecule has 2 aromatic carbocycles. The first-order chi connectivity index (χ1) is 10.7. The lowest BCUT2D eigenvalue weighted by molar-refractivity contribution is 0.415. The molecular formula is C16H14BrN3OS. The minimum absolute atomic E-state index is 0.741. The smallest absolute Gasteiger partial charge is 0.209 e. The third-order valence-corrected chi connectivity index (χ3v) is 4.50. The van der Waals surface area contributed by atoms with Crippen LogP contribution in [-0.4, -0.2) is 22.3 Å². The molecular weight excluding hydrogens is 362 g/mol. The van der Waals surface area contributed by atoms with E-state index in [2.05, 4.69) is 43.2 Å². The number of hydrogen-bond donors (Lipinski definition) is 1. The van der Waals surface area contributed by atoms with Crippen molar-refractivity contribution in [1.29, 1.82) is 0 Å². The van der Waals surface area contributed by atoms with Gasteiger partial charge in [-0.3, -0.25) is 5.10 Å². The van der Waals surface area contributed by atoms with E-state index >= 15 is 0 Å². The molecule has 4 nitrogen and oxygen atoms in total. The van der Waals surface area contributed by atoms with Crippen molar-refractivity contribution in [2.75, 3.05) is 7.11 Å². The quantitative estimate of drug-likeness (QED) is 0.665. The second kappa shape index (κ2) is 6.98. The molecule has 3 rings (SSSR count). The summed E-state index contributed by atoms with van der Waals surface area (Å²) in [5, 5.41) is 7.97. The number of methoxy groups -OCH3 is 1. The molecule has 0 bridgehead atoms. The molecule has 0 aliphatic rings. The van der Waals surface area contributed by atoms with Crippen LogP contribution in [0.1, 0.15) is 5.56 Å². The lowest BCUT2D eigenvalue weighted by Crippen LogP contribution is -1.84. The fourth-order valence-corrected chi connectivity index (χ4v) is 3.15. The summed E-state index contributed by atoms with van der Waals surface area (Å²) < 4.78 is 6.24. The molecule has 0 fully saturated rings. The van der Waals surface area contributed by atoms with Gasteiger partial charge in [-0.25, -0.2) is 4.98 Å². The van der Waals surface area contributed by atoms with Crippen molar-refractivity contribution in [1.82, 2.24) is 15.2 Å². The number of aromatic nitrogens is 3. The summed E-state index contributed by atoms with van der Waals surface area (Å²) in [6.07, 6.45) is 0. The minimum Gasteiger partial charge on any atom is -0.497 e. The van der Waals surface area contributed by atoms with E-state index in [1.54, 1.807) is 18.9 Å². The van der Waals surface area contributed by atoms with E-state index in [-0.39, 0.29) is 0 Å². The number of hydrogen-bond acceptors (Lipinski definition) is 4. The van der Waals surface area contributed by atoms with E-state index < -0.39 is 0 Å². The maximum atomic E-state index is 5.15. The van der Waals surface area contributed by atoms with Crippen LogP contribution >= 0.6 is 27.7 Å². The van der Waals surface area contributed by atoms with Gasteiger partial charge in [0, 0.05) is 15.8 Å². The Morgan fingerprint density at radius 2 is 2.00 bits per heavy atom. The molecule has 0 aliphatic heterocycles. The fourth-order valence-electron chi connectivity index (χ4n) is 1.96. The number of nitrogens with zero attached hydrogens (tertiary/aromatic N) is 2. The van der Waals surface area contributed by atoms with Gasteiger partial charge in [0.25, 0.3) is 0 Å². The number of benzene rings is 2. The summed E-state index contributed by atoms with van der Waals surface area (Å²) in [5.74, 6) is 2.42. The SMILES string of the molecule is COc1ccc(-c2nc(SCc3cccc(Br)c3)n[nH]2)cc1. The van der Waals surface area contributed by atoms with Crippen LogP contribution in [-0.2, 0) is 5.75 Å². The number of halogens is 1. The topological polar surface area (TPSA) is 50.8 Å². The van der Waals surface area contributed by atoms with Gasteiger partial charge in [0.1, 0.15) is 5.75 Å². The second-order valence-electron chi connectivity index (χ2n) is 4.61. The van der Waals surface area contributed by atoms with Crippen LogP contribution < -0.4 is 4.74 Å². The normalized spacial score (nSPS) is 10.6. The Hall–Kier alpha value is -1.79. The van der Waals surface area contributed by atoms with Crippen molar-refractivity contribution in [2.24, 2.45) is 0 Å². The number of aromatic amines is 1. The zero-order valence-corrected chi connectivity index (χ0v) is 14.3. The molecule has 1 heterocycles. The summed E-state index contributed by atoms with van der Waals surface area (Å²) in [7, 11) is 1.65. The molecule has 0 saturated heterocycles. The van der Waals surface area contributed by atoms with Gasteiger partial charge >= 0.3 is 0 Å². The highest BCUT2D eigenvalue weighted by atomic mass is 79.9. The van der Waals surface area contributed by atoms with E-state index in [4.69, 9.17) is 4.74 Å². The van der Waals surface area contributed by atoms with Crippen molar-refractivity contribution >= 4 is 27.7 Å². The second-order valence-corrected chi connectivity index (χ2v) is 6.47. The average Bonchev–Trinajstić information content (AvgIpc) is 3.02. The third kappa shape index (κ3) is 3.69. The van der Waals surface area contributed by atoms with Crippen LogP contribution in [0.25, 0.3) is 11.4 Å². The van der Waals surface area contributed by atoms with E-state index in [9.17, 15) is 0 Å². The molecule has 0 radical (unpaired) electrons. The molecule has 0 aliphatic carbocycles. The monoisotopic (exact) mass is 375 g/mol. The van der Waals surface area contributed by atoms with Crippen molar-refractivity contribution < 1.29 is 4.74 Å². The van der Waals surface area contributed by atoms with Gasteiger partial charge in [0.15, 0.2) is 5.82 Å². The molecule has 22 heavy (non-hydrogen) atoms. The molecule has 0 saturated carbocycles. The third-order valence-electron chi connectivity index (χ3n) is 3.09. The van der Waals surface area contributed by atoms with Crippen LogP contribution in [0, 0.1) is 0 Å². The van der Waals surface area contributed by atoms with Crippen LogP contribution in [0.5, 0.6) is 5.75 Å². The maximum Gasteiger partial charge on any atom is 0.209 e. The van der Waals surface area contributed by atoms with E-state index in [0.717, 1.165) is 32.5 Å². The molecule has 1 N–H and O–H groups in total. The Labute approximate surface area is 141 Å². The maximum absolute atomic E-state index is 5.15. The standard InChI is InChI=1S/C16H14BrN3OS/c1-21-14-7-5-12(6-8-14)15-18-16(20-19-15)22-10-11-3-2-4-13(17)9-11/h2-9H,10H2,1H3,(H,18,19,20). The first-order valence-corrected chi connectivity index (χ1v) is 8.46. The molecule has 0 amide bonds. The Morgan fingerprint density at radius 1 is 1.18 bits per heavy atom. The number of H-pyrrole nitrogens is 1. The Balaban J connectivity index is 1.68. The highest BCUT2D eigenvalue weighted by Crippen LogP contribution is 2.24. The highest BCUT2D eigenvalue weighted by molar-refractivity contribution is 9.10. The van der Waals surface area contributed by atoms with Gasteiger partial charge < -0.3 is 4.74 Å². The van der Waals surface area contributed by atoms with Gasteiger partial charge in [-0.1, -0.05) is 39.8 Å². The van der Waals surface area contributed by atoms with Gasteiger partial charge in [0.05, 0.1) is 7.11 Å². The summed E-state index contributed by atoms with van der Waals surface area (Å²) in [4.78, 5) is 4.52. The van der Waals surface area contributed by atoms with Crippen molar-refractivity contribution in [2.45, 2.75) is 10.9 Å². The zero-order valence-electron chi connectivity index (χ0n) is 11.9. The molecule has 0 atom stereocenters. The van der Waals surface area contributed by atoms with Crippen LogP contribution in [0.15, 0.2) is 58.2 Å². The average molecular weight is 376 g/mol. The van der Waals surface area contributed by atoms with E-state index in [1.807, 2.05) is 36.4 Å². The number of ether oxygens (including phenoxy) is 1. The van der Waals surface area contributed by atoms with Crippen molar-refractivity contribution in [3.8, 4) is 17.1 Å². The number of thioether (sulfide) groups is 1. The lowest BCUT2D eigenvalue weighted by atomic mass is 10.2. The highest BCUT2D eigenvalue weighted by Gasteiger charge is 2.07. The van der Waals surface area contributed by atoms with Crippen molar-refractivity contribution in [3.63, 3.8) is 0 Å². The summed E-state index contributed by atoms with van der Waals surface area (Å²) >= 11 is 5.08. The van der Waals surface area contributed by atoms with Gasteiger partial charge in [-0.15, -0.1) is 5.10 Å². The fraction of sp³-hybridized carbons (Fsp3) is 0.125. The van der Waals surface area contributed by atoms with Gasteiger partial charge in [-0.2, -0.15) is 0 Å². The minimum atomic E-state index is 0.741. The predicted octanol–water partition coefficient (Wildman–Crippen LogP) is 4.54. The zero-order chi connectivity index (χ0) is 15.4. The Kier molecular flexibility index (Phi) is 4.80. The number of rotatable bonds is 5. The molecule has 112 valence electrons. The van der Waals surface area contributed by atoms with Gasteiger partial charge in [0.2, 0.25) is 5.16 Å². The van der Waals surface area contributed by atoms with E-state index in [1.165, 1.54) is 5.56 Å². The summed E-state index contributed by atoms with van der Waals surface area (Å²) in [5.41, 5.74) is 2.22. The molecule has 3 aromatic rings. The van der Waals surface area contributed by atoms with E-state index in [0.29, 0.717) is 0 Å². The molecule has 0 unspecified atom stereocenters. The van der Waals surface area contributed by atoms with Crippen LogP contribution in [0.3, 0.4) is 0 Å². The molecule has 6 heteroatoms. The van der Waals surface area contributed by atoms with Crippen LogP contribution in [0.4, 0.5) is 0 Å². The predicted molar refractivity (Wildman–Crippen MR) is 92.1 cm³/mol. The Morgan fingerprint density at radius 3 is 2.73 bits per heavy atom. The number of nitrogens with one attached hydrogen (secondary N) is 1. The Bertz CT molecular complexity index is 758. The largest absolute Gasteiger partial charge is 0.497 e. The first kappa shape index (κ1) is 15.1. The summed E-state index contributed by atoms with van der Waals surface area (Å²) in [6.45, 7) is 0. The first-order valence-electron chi connectivity index (χ1n) is 6.68. The van der Waals surface area contributed by atoms with Crippen molar-refractivity contribution in [3.05, 3.63) is 58.6 Å². The lowest BCUT2D eigenvalue weighted by Gasteiger charge is -2.00.